The van der Waals surface area contributed by atoms with Crippen molar-refractivity contribution in [3.05, 3.63) is 35.0 Å². The lowest BCUT2D eigenvalue weighted by molar-refractivity contribution is -0.119. The summed E-state index contributed by atoms with van der Waals surface area (Å²) in [7, 11) is 3.62. The molecule has 37 heavy (non-hydrogen) atoms. The van der Waals surface area contributed by atoms with Gasteiger partial charge in [-0.2, -0.15) is 4.98 Å². The van der Waals surface area contributed by atoms with Crippen molar-refractivity contribution in [2.75, 3.05) is 37.9 Å². The second-order valence-corrected chi connectivity index (χ2v) is 10.3. The summed E-state index contributed by atoms with van der Waals surface area (Å²) < 4.78 is 5.55. The number of carbonyl (C=O) groups excluding carboxylic acids is 2. The van der Waals surface area contributed by atoms with Gasteiger partial charge in [-0.1, -0.05) is 24.4 Å². The summed E-state index contributed by atoms with van der Waals surface area (Å²) in [5.41, 5.74) is 1.15. The van der Waals surface area contributed by atoms with Gasteiger partial charge < -0.3 is 30.9 Å². The smallest absolute Gasteiger partial charge is 0.251 e. The molecule has 3 atom stereocenters. The lowest BCUT2D eigenvalue weighted by Gasteiger charge is -2.33. The van der Waals surface area contributed by atoms with Gasteiger partial charge in [0.2, 0.25) is 11.9 Å². The summed E-state index contributed by atoms with van der Waals surface area (Å²) in [6.45, 7) is 3.43. The highest BCUT2D eigenvalue weighted by molar-refractivity contribution is 6.32. The molecule has 2 heterocycles. The van der Waals surface area contributed by atoms with Crippen molar-refractivity contribution in [3.63, 3.8) is 0 Å². The van der Waals surface area contributed by atoms with E-state index in [1.54, 1.807) is 25.3 Å². The first-order valence-corrected chi connectivity index (χ1v) is 13.2. The number of halogens is 1. The quantitative estimate of drug-likeness (QED) is 0.409. The Morgan fingerprint density at radius 3 is 2.62 bits per heavy atom. The van der Waals surface area contributed by atoms with Crippen LogP contribution in [-0.4, -0.2) is 72.1 Å². The summed E-state index contributed by atoms with van der Waals surface area (Å²) in [4.78, 5) is 35.6. The first-order valence-electron chi connectivity index (χ1n) is 12.8. The highest BCUT2D eigenvalue weighted by Crippen LogP contribution is 2.30. The van der Waals surface area contributed by atoms with Crippen LogP contribution in [0.5, 0.6) is 5.75 Å². The van der Waals surface area contributed by atoms with Crippen LogP contribution in [0.25, 0.3) is 0 Å². The Labute approximate surface area is 222 Å². The summed E-state index contributed by atoms with van der Waals surface area (Å²) in [6, 6.07) is 5.41. The molecular weight excluding hydrogens is 494 g/mol. The topological polar surface area (TPSA) is 121 Å². The number of carbonyl (C=O) groups is 2. The molecule has 11 heteroatoms. The van der Waals surface area contributed by atoms with Crippen LogP contribution in [0.3, 0.4) is 0 Å². The first-order chi connectivity index (χ1) is 17.8. The van der Waals surface area contributed by atoms with E-state index in [1.165, 1.54) is 13.1 Å². The molecule has 1 aliphatic carbocycles. The normalized spacial score (nSPS) is 22.1. The molecule has 0 bridgehead atoms. The Kier molecular flexibility index (Phi) is 9.04. The molecule has 2 aliphatic rings. The van der Waals surface area contributed by atoms with Gasteiger partial charge in [-0.3, -0.25) is 9.59 Å². The molecule has 1 aliphatic heterocycles. The van der Waals surface area contributed by atoms with Gasteiger partial charge in [-0.05, 0) is 57.5 Å². The molecule has 200 valence electrons. The summed E-state index contributed by atoms with van der Waals surface area (Å²) in [6.07, 6.45) is 7.52. The molecule has 0 spiro atoms. The average Bonchev–Trinajstić information content (AvgIpc) is 2.87. The third-order valence-corrected chi connectivity index (χ3v) is 7.17. The third-order valence-electron chi connectivity index (χ3n) is 6.89. The van der Waals surface area contributed by atoms with Gasteiger partial charge in [-0.25, -0.2) is 4.98 Å². The molecule has 10 nitrogen and oxygen atoms in total. The van der Waals surface area contributed by atoms with Crippen molar-refractivity contribution < 1.29 is 14.3 Å². The number of benzene rings is 1. The number of rotatable bonds is 8. The molecule has 4 rings (SSSR count). The number of anilines is 3. The maximum Gasteiger partial charge on any atom is 0.251 e. The van der Waals surface area contributed by atoms with Crippen LogP contribution in [0.2, 0.25) is 5.02 Å². The van der Waals surface area contributed by atoms with Crippen LogP contribution in [0.15, 0.2) is 24.4 Å². The summed E-state index contributed by atoms with van der Waals surface area (Å²) in [5, 5.41) is 13.1. The van der Waals surface area contributed by atoms with Crippen molar-refractivity contribution in [1.29, 1.82) is 0 Å². The number of amides is 2. The highest BCUT2D eigenvalue weighted by Gasteiger charge is 2.27. The van der Waals surface area contributed by atoms with E-state index >= 15 is 0 Å². The van der Waals surface area contributed by atoms with E-state index in [9.17, 15) is 9.59 Å². The van der Waals surface area contributed by atoms with E-state index in [0.717, 1.165) is 51.6 Å². The predicted octanol–water partition coefficient (Wildman–Crippen LogP) is 3.57. The molecular formula is C26H36ClN7O3. The fourth-order valence-corrected chi connectivity index (χ4v) is 5.20. The van der Waals surface area contributed by atoms with Crippen molar-refractivity contribution in [2.45, 2.75) is 63.6 Å². The van der Waals surface area contributed by atoms with E-state index in [0.29, 0.717) is 33.8 Å². The van der Waals surface area contributed by atoms with Gasteiger partial charge in [0.1, 0.15) is 10.8 Å². The van der Waals surface area contributed by atoms with Gasteiger partial charge in [-0.15, -0.1) is 0 Å². The van der Waals surface area contributed by atoms with Crippen molar-refractivity contribution in [3.8, 4) is 5.75 Å². The molecule has 1 unspecified atom stereocenters. The second kappa shape index (κ2) is 12.4. The molecule has 2 aromatic rings. The Bertz CT molecular complexity index is 1120. The van der Waals surface area contributed by atoms with Gasteiger partial charge in [0.15, 0.2) is 5.82 Å². The number of hydrogen-bond donors (Lipinski definition) is 4. The minimum atomic E-state index is -0.124. The Balaban J connectivity index is 1.45. The maximum absolute atomic E-state index is 12.8. The van der Waals surface area contributed by atoms with E-state index in [4.69, 9.17) is 16.3 Å². The SMILES string of the molecule is COc1cc(C(=O)NC2CCCN(C)C2)ccc1Nc1ncc(Cl)c(N[C@@H]2CCCC[C@H]2NC(C)=O)n1. The van der Waals surface area contributed by atoms with Crippen LogP contribution in [-0.2, 0) is 4.79 Å². The van der Waals surface area contributed by atoms with E-state index < -0.39 is 0 Å². The zero-order valence-corrected chi connectivity index (χ0v) is 22.4. The molecule has 2 fully saturated rings. The molecule has 0 radical (unpaired) electrons. The number of nitrogens with one attached hydrogen (secondary N) is 4. The third kappa shape index (κ3) is 7.23. The molecule has 1 saturated heterocycles. The van der Waals surface area contributed by atoms with Gasteiger partial charge in [0.25, 0.3) is 5.91 Å². The molecule has 1 aromatic heterocycles. The lowest BCUT2D eigenvalue weighted by atomic mass is 9.90. The number of nitrogens with zero attached hydrogens (tertiary/aromatic N) is 3. The maximum atomic E-state index is 12.8. The van der Waals surface area contributed by atoms with Gasteiger partial charge >= 0.3 is 0 Å². The van der Waals surface area contributed by atoms with E-state index in [-0.39, 0.29) is 29.9 Å². The minimum Gasteiger partial charge on any atom is -0.495 e. The standard InChI is InChI=1S/C26H36ClN7O3/c1-16(35)29-20-8-4-5-9-21(20)31-24-19(27)14-28-26(33-24)32-22-11-10-17(13-23(22)37-3)25(36)30-18-7-6-12-34(2)15-18/h10-11,13-14,18,20-21H,4-9,12,15H2,1-3H3,(H,29,35)(H,30,36)(H2,28,31,32,33)/t18?,20-,21-/m1/s1. The van der Waals surface area contributed by atoms with Gasteiger partial charge in [0.05, 0.1) is 19.0 Å². The number of likely N-dealkylation sites (N-methyl/N-ethyl adjacent to an activating group) is 1. The fraction of sp³-hybridized carbons (Fsp3) is 0.538. The number of hydrogen-bond acceptors (Lipinski definition) is 8. The number of ether oxygens (including phenoxy) is 1. The van der Waals surface area contributed by atoms with Crippen LogP contribution >= 0.6 is 11.6 Å². The zero-order valence-electron chi connectivity index (χ0n) is 21.6. The van der Waals surface area contributed by atoms with Crippen molar-refractivity contribution in [1.82, 2.24) is 25.5 Å². The molecule has 1 aromatic carbocycles. The Morgan fingerprint density at radius 2 is 1.89 bits per heavy atom. The van der Waals surface area contributed by atoms with Crippen LogP contribution in [0.4, 0.5) is 17.5 Å². The van der Waals surface area contributed by atoms with Gasteiger partial charge in [0, 0.05) is 37.2 Å². The minimum absolute atomic E-state index is 0.0153. The number of likely N-dealkylation sites (tertiary alicyclic amines) is 1. The van der Waals surface area contributed by atoms with Crippen LogP contribution < -0.4 is 26.0 Å². The summed E-state index contributed by atoms with van der Waals surface area (Å²) in [5.74, 6) is 1.15. The highest BCUT2D eigenvalue weighted by atomic mass is 35.5. The van der Waals surface area contributed by atoms with Crippen LogP contribution in [0.1, 0.15) is 55.8 Å². The van der Waals surface area contributed by atoms with Crippen LogP contribution in [0, 0.1) is 0 Å². The summed E-state index contributed by atoms with van der Waals surface area (Å²) >= 11 is 6.40. The van der Waals surface area contributed by atoms with E-state index in [2.05, 4.69) is 43.2 Å². The first kappa shape index (κ1) is 26.9. The van der Waals surface area contributed by atoms with E-state index in [1.807, 2.05) is 0 Å². The number of aromatic nitrogens is 2. The Hall–Kier alpha value is -3.11. The number of methoxy groups -OCH3 is 1. The number of piperidine rings is 1. The monoisotopic (exact) mass is 529 g/mol. The fourth-order valence-electron chi connectivity index (χ4n) is 5.05. The van der Waals surface area contributed by atoms with Crippen molar-refractivity contribution in [2.24, 2.45) is 0 Å². The molecule has 2 amide bonds. The zero-order chi connectivity index (χ0) is 26.4. The molecule has 4 N–H and O–H groups in total. The predicted molar refractivity (Wildman–Crippen MR) is 145 cm³/mol. The van der Waals surface area contributed by atoms with Crippen molar-refractivity contribution >= 4 is 40.9 Å². The second-order valence-electron chi connectivity index (χ2n) is 9.85. The Morgan fingerprint density at radius 1 is 1.11 bits per heavy atom. The largest absolute Gasteiger partial charge is 0.495 e. The lowest BCUT2D eigenvalue weighted by Crippen LogP contribution is -2.48. The average molecular weight is 530 g/mol. The molecule has 1 saturated carbocycles.